The number of ketones is 1. The van der Waals surface area contributed by atoms with Crippen LogP contribution in [-0.4, -0.2) is 40.4 Å². The standard InChI is InChI=1S/C33H34N2O6S/c1-7-39-32(38)29-21(5)34-33(42)35(30(29)26-10-8-9-11-28(26)40-19(2)3)31(37)20(4)18-25-16-17-27(41-25)24-14-12-23(13-15-24)22(6)36/h8-19,30H,7H2,1-6H3,(H,34,42)/b20-18+. The van der Waals surface area contributed by atoms with Crippen LogP contribution in [-0.2, 0) is 14.3 Å². The average Bonchev–Trinajstić information content (AvgIpc) is 3.41. The lowest BCUT2D eigenvalue weighted by atomic mass is 9.92. The van der Waals surface area contributed by atoms with E-state index in [-0.39, 0.29) is 29.2 Å². The topological polar surface area (TPSA) is 98.1 Å². The molecule has 1 N–H and O–H groups in total. The smallest absolute Gasteiger partial charge is 0.338 e. The van der Waals surface area contributed by atoms with Crippen molar-refractivity contribution in [3.63, 3.8) is 0 Å². The van der Waals surface area contributed by atoms with Crippen LogP contribution in [0.2, 0.25) is 0 Å². The van der Waals surface area contributed by atoms with Crippen LogP contribution in [0.1, 0.15) is 69.3 Å². The molecule has 218 valence electrons. The number of rotatable bonds is 9. The number of hydrogen-bond acceptors (Lipinski definition) is 7. The van der Waals surface area contributed by atoms with Crippen LogP contribution < -0.4 is 10.1 Å². The van der Waals surface area contributed by atoms with E-state index in [4.69, 9.17) is 26.1 Å². The second kappa shape index (κ2) is 13.0. The van der Waals surface area contributed by atoms with E-state index in [9.17, 15) is 14.4 Å². The van der Waals surface area contributed by atoms with Crippen LogP contribution in [0.4, 0.5) is 0 Å². The summed E-state index contributed by atoms with van der Waals surface area (Å²) in [5.41, 5.74) is 3.11. The molecule has 0 bridgehead atoms. The highest BCUT2D eigenvalue weighted by Crippen LogP contribution is 2.40. The first-order chi connectivity index (χ1) is 20.0. The molecule has 0 radical (unpaired) electrons. The third-order valence-corrected chi connectivity index (χ3v) is 6.94. The van der Waals surface area contributed by atoms with Crippen molar-refractivity contribution >= 4 is 41.1 Å². The van der Waals surface area contributed by atoms with Gasteiger partial charge in [-0.2, -0.15) is 0 Å². The minimum Gasteiger partial charge on any atom is -0.491 e. The number of amides is 1. The molecule has 2 heterocycles. The van der Waals surface area contributed by atoms with Gasteiger partial charge in [-0.1, -0.05) is 42.5 Å². The fraction of sp³-hybridized carbons (Fsp3) is 0.273. The van der Waals surface area contributed by atoms with Crippen LogP contribution in [0, 0.1) is 0 Å². The van der Waals surface area contributed by atoms with E-state index in [0.29, 0.717) is 39.7 Å². The number of thiocarbonyl (C=S) groups is 1. The summed E-state index contributed by atoms with van der Waals surface area (Å²) in [7, 11) is 0. The monoisotopic (exact) mass is 586 g/mol. The van der Waals surface area contributed by atoms with Crippen molar-refractivity contribution in [3.05, 3.63) is 94.4 Å². The number of esters is 1. The Bertz CT molecular complexity index is 1580. The zero-order valence-electron chi connectivity index (χ0n) is 24.5. The highest BCUT2D eigenvalue weighted by atomic mass is 32.1. The lowest BCUT2D eigenvalue weighted by Gasteiger charge is -2.39. The summed E-state index contributed by atoms with van der Waals surface area (Å²) in [5, 5.41) is 3.16. The molecule has 42 heavy (non-hydrogen) atoms. The fourth-order valence-electron chi connectivity index (χ4n) is 4.70. The van der Waals surface area contributed by atoms with Crippen molar-refractivity contribution in [2.45, 2.75) is 53.7 Å². The van der Waals surface area contributed by atoms with E-state index < -0.39 is 17.9 Å². The summed E-state index contributed by atoms with van der Waals surface area (Å²) >= 11 is 5.67. The number of nitrogens with one attached hydrogen (secondary N) is 1. The summed E-state index contributed by atoms with van der Waals surface area (Å²) in [5.74, 6) is 0.585. The number of carbonyl (C=O) groups is 3. The predicted octanol–water partition coefficient (Wildman–Crippen LogP) is 6.63. The summed E-state index contributed by atoms with van der Waals surface area (Å²) in [4.78, 5) is 40.3. The molecule has 3 aromatic rings. The first kappa shape index (κ1) is 30.5. The number of hydrogen-bond donors (Lipinski definition) is 1. The molecule has 0 aliphatic carbocycles. The number of Topliss-reactive ketones (excluding diaryl/α,β-unsaturated/α-hetero) is 1. The second-order valence-corrected chi connectivity index (χ2v) is 10.5. The Balaban J connectivity index is 1.74. The molecule has 0 saturated carbocycles. The van der Waals surface area contributed by atoms with Crippen LogP contribution >= 0.6 is 12.2 Å². The second-order valence-electron chi connectivity index (χ2n) is 10.1. The Morgan fingerprint density at radius 1 is 1.05 bits per heavy atom. The lowest BCUT2D eigenvalue weighted by molar-refractivity contribution is -0.139. The predicted molar refractivity (Wildman–Crippen MR) is 165 cm³/mol. The van der Waals surface area contributed by atoms with Crippen molar-refractivity contribution in [1.82, 2.24) is 10.2 Å². The van der Waals surface area contributed by atoms with Gasteiger partial charge in [-0.15, -0.1) is 0 Å². The largest absolute Gasteiger partial charge is 0.491 e. The third-order valence-electron chi connectivity index (χ3n) is 6.64. The molecule has 1 aliphatic rings. The Morgan fingerprint density at radius 2 is 1.74 bits per heavy atom. The molecule has 0 saturated heterocycles. The van der Waals surface area contributed by atoms with Gasteiger partial charge in [0, 0.05) is 28.0 Å². The Hall–Kier alpha value is -4.50. The van der Waals surface area contributed by atoms with E-state index >= 15 is 0 Å². The number of allylic oxidation sites excluding steroid dienone is 1. The number of carbonyl (C=O) groups excluding carboxylic acids is 3. The SMILES string of the molecule is CCOC(=O)C1=C(C)NC(=S)N(C(=O)/C(C)=C/c2ccc(-c3ccc(C(C)=O)cc3)o2)C1c1ccccc1OC(C)C. The van der Waals surface area contributed by atoms with Gasteiger partial charge < -0.3 is 19.2 Å². The van der Waals surface area contributed by atoms with Crippen molar-refractivity contribution in [1.29, 1.82) is 0 Å². The van der Waals surface area contributed by atoms with Gasteiger partial charge in [0.05, 0.1) is 18.3 Å². The minimum absolute atomic E-state index is 0.0169. The molecule has 1 aromatic heterocycles. The number of para-hydroxylation sites is 1. The molecule has 1 unspecified atom stereocenters. The molecule has 1 amide bonds. The van der Waals surface area contributed by atoms with Gasteiger partial charge in [0.1, 0.15) is 23.3 Å². The first-order valence-corrected chi connectivity index (χ1v) is 14.1. The average molecular weight is 587 g/mol. The van der Waals surface area contributed by atoms with E-state index in [1.54, 1.807) is 57.2 Å². The van der Waals surface area contributed by atoms with Gasteiger partial charge in [0.25, 0.3) is 5.91 Å². The zero-order chi connectivity index (χ0) is 30.6. The molecule has 0 fully saturated rings. The van der Waals surface area contributed by atoms with Crippen LogP contribution in [0.25, 0.3) is 17.4 Å². The van der Waals surface area contributed by atoms with E-state index in [0.717, 1.165) is 5.56 Å². The quantitative estimate of drug-likeness (QED) is 0.129. The maximum atomic E-state index is 14.1. The molecular formula is C33H34N2O6S. The zero-order valence-corrected chi connectivity index (χ0v) is 25.3. The fourth-order valence-corrected chi connectivity index (χ4v) is 5.05. The molecule has 1 aliphatic heterocycles. The van der Waals surface area contributed by atoms with Gasteiger partial charge in [-0.05, 0) is 78.0 Å². The summed E-state index contributed by atoms with van der Waals surface area (Å²) in [6, 6.07) is 17.1. The van der Waals surface area contributed by atoms with Crippen LogP contribution in [0.3, 0.4) is 0 Å². The van der Waals surface area contributed by atoms with Gasteiger partial charge >= 0.3 is 5.97 Å². The lowest BCUT2D eigenvalue weighted by Crippen LogP contribution is -2.51. The molecular weight excluding hydrogens is 552 g/mol. The maximum absolute atomic E-state index is 14.1. The van der Waals surface area contributed by atoms with Crippen LogP contribution in [0.5, 0.6) is 5.75 Å². The minimum atomic E-state index is -0.893. The highest BCUT2D eigenvalue weighted by molar-refractivity contribution is 7.80. The Kier molecular flexibility index (Phi) is 9.42. The first-order valence-electron chi connectivity index (χ1n) is 13.7. The van der Waals surface area contributed by atoms with Crippen molar-refractivity contribution in [2.75, 3.05) is 6.61 Å². The summed E-state index contributed by atoms with van der Waals surface area (Å²) in [6.45, 7) is 10.6. The normalized spacial score (nSPS) is 15.5. The third kappa shape index (κ3) is 6.52. The maximum Gasteiger partial charge on any atom is 0.338 e. The Morgan fingerprint density at radius 3 is 2.38 bits per heavy atom. The molecule has 8 nitrogen and oxygen atoms in total. The summed E-state index contributed by atoms with van der Waals surface area (Å²) < 4.78 is 17.5. The molecule has 9 heteroatoms. The van der Waals surface area contributed by atoms with E-state index in [1.165, 1.54) is 11.8 Å². The summed E-state index contributed by atoms with van der Waals surface area (Å²) in [6.07, 6.45) is 1.48. The number of ether oxygens (including phenoxy) is 2. The van der Waals surface area contributed by atoms with Crippen molar-refractivity contribution in [2.24, 2.45) is 0 Å². The number of benzene rings is 2. The van der Waals surface area contributed by atoms with Gasteiger partial charge in [0.2, 0.25) is 0 Å². The molecule has 4 rings (SSSR count). The highest BCUT2D eigenvalue weighted by Gasteiger charge is 2.41. The van der Waals surface area contributed by atoms with Crippen molar-refractivity contribution in [3.8, 4) is 17.1 Å². The Labute approximate surface area is 251 Å². The molecule has 0 spiro atoms. The van der Waals surface area contributed by atoms with Gasteiger partial charge in [0.15, 0.2) is 10.9 Å². The van der Waals surface area contributed by atoms with Crippen molar-refractivity contribution < 1.29 is 28.3 Å². The van der Waals surface area contributed by atoms with E-state index in [1.807, 2.05) is 44.2 Å². The van der Waals surface area contributed by atoms with Gasteiger partial charge in [-0.25, -0.2) is 4.79 Å². The van der Waals surface area contributed by atoms with E-state index in [2.05, 4.69) is 5.32 Å². The molecule has 2 aromatic carbocycles. The molecule has 1 atom stereocenters. The van der Waals surface area contributed by atoms with Gasteiger partial charge in [-0.3, -0.25) is 14.5 Å². The van der Waals surface area contributed by atoms with Crippen LogP contribution in [0.15, 0.2) is 81.9 Å². The number of nitrogens with zero attached hydrogens (tertiary/aromatic N) is 1. The number of furan rings is 1.